The molecule has 0 radical (unpaired) electrons. The summed E-state index contributed by atoms with van der Waals surface area (Å²) < 4.78 is 0. The summed E-state index contributed by atoms with van der Waals surface area (Å²) >= 11 is 0. The molecular weight excluding hydrogens is 378 g/mol. The number of carbonyl (C=O) groups excluding carboxylic acids is 3. The van der Waals surface area contributed by atoms with Crippen molar-refractivity contribution in [1.29, 1.82) is 0 Å². The number of hydrogen-bond donors (Lipinski definition) is 2. The molecule has 1 aromatic rings. The monoisotopic (exact) mass is 409 g/mol. The van der Waals surface area contributed by atoms with Gasteiger partial charge in [-0.15, -0.1) is 0 Å². The third kappa shape index (κ3) is 3.50. The molecular formula is C24H31N3O3. The molecule has 6 rings (SSSR count). The molecule has 4 amide bonds. The molecule has 0 aromatic heterocycles. The Hall–Kier alpha value is -2.37. The second kappa shape index (κ2) is 7.10. The minimum absolute atomic E-state index is 0.109. The summed E-state index contributed by atoms with van der Waals surface area (Å²) in [6.45, 7) is 1.57. The molecule has 5 fully saturated rings. The van der Waals surface area contributed by atoms with Gasteiger partial charge in [-0.25, -0.2) is 4.79 Å². The van der Waals surface area contributed by atoms with E-state index in [0.29, 0.717) is 12.8 Å². The molecule has 2 N–H and O–H groups in total. The van der Waals surface area contributed by atoms with Gasteiger partial charge in [-0.05, 0) is 81.6 Å². The molecule has 1 aromatic carbocycles. The van der Waals surface area contributed by atoms with Crippen molar-refractivity contribution >= 4 is 17.8 Å². The van der Waals surface area contributed by atoms with Crippen molar-refractivity contribution in [3.63, 3.8) is 0 Å². The van der Waals surface area contributed by atoms with E-state index in [1.807, 2.05) is 30.3 Å². The quantitative estimate of drug-likeness (QED) is 0.709. The van der Waals surface area contributed by atoms with Crippen LogP contribution in [0.1, 0.15) is 57.4 Å². The molecule has 4 aliphatic carbocycles. The molecule has 4 bridgehead atoms. The Morgan fingerprint density at radius 2 is 1.67 bits per heavy atom. The van der Waals surface area contributed by atoms with Crippen molar-refractivity contribution in [2.45, 2.75) is 69.4 Å². The normalized spacial score (nSPS) is 36.8. The van der Waals surface area contributed by atoms with Crippen LogP contribution in [0.3, 0.4) is 0 Å². The number of urea groups is 1. The van der Waals surface area contributed by atoms with Crippen LogP contribution in [0.25, 0.3) is 0 Å². The molecule has 6 heteroatoms. The van der Waals surface area contributed by atoms with Crippen molar-refractivity contribution < 1.29 is 14.4 Å². The fraction of sp³-hybridized carbons (Fsp3) is 0.625. The van der Waals surface area contributed by atoms with E-state index in [1.165, 1.54) is 19.3 Å². The maximum atomic E-state index is 13.0. The first kappa shape index (κ1) is 19.6. The molecule has 160 valence electrons. The third-order valence-electron chi connectivity index (χ3n) is 7.85. The first-order valence-electron chi connectivity index (χ1n) is 11.3. The number of imide groups is 1. The number of amides is 4. The lowest BCUT2D eigenvalue weighted by atomic mass is 9.53. The molecule has 5 aliphatic rings. The van der Waals surface area contributed by atoms with Gasteiger partial charge in [0.2, 0.25) is 5.91 Å². The van der Waals surface area contributed by atoms with Crippen molar-refractivity contribution in [2.24, 2.45) is 17.8 Å². The third-order valence-corrected chi connectivity index (χ3v) is 7.85. The van der Waals surface area contributed by atoms with Crippen molar-refractivity contribution in [3.05, 3.63) is 35.9 Å². The van der Waals surface area contributed by atoms with Crippen LogP contribution in [0.4, 0.5) is 4.79 Å². The summed E-state index contributed by atoms with van der Waals surface area (Å²) in [4.78, 5) is 39.5. The van der Waals surface area contributed by atoms with Gasteiger partial charge >= 0.3 is 6.03 Å². The predicted molar refractivity (Wildman–Crippen MR) is 112 cm³/mol. The van der Waals surface area contributed by atoms with Gasteiger partial charge in [-0.1, -0.05) is 30.3 Å². The first-order valence-corrected chi connectivity index (χ1v) is 11.3. The zero-order valence-electron chi connectivity index (χ0n) is 17.7. The lowest BCUT2D eigenvalue weighted by molar-refractivity contribution is -0.136. The van der Waals surface area contributed by atoms with Crippen molar-refractivity contribution in [3.8, 4) is 0 Å². The van der Waals surface area contributed by atoms with Crippen LogP contribution in [0.15, 0.2) is 30.3 Å². The summed E-state index contributed by atoms with van der Waals surface area (Å²) in [6.07, 6.45) is 8.29. The SMILES string of the molecule is C[C@]1(CCc2ccccc2)NC(=O)N(CC(=O)NC23CC4CC(CC(C4)C2)C3)C1=O. The van der Waals surface area contributed by atoms with Crippen molar-refractivity contribution in [2.75, 3.05) is 6.54 Å². The Bertz CT molecular complexity index is 832. The van der Waals surface area contributed by atoms with Crippen LogP contribution in [0.5, 0.6) is 0 Å². The number of rotatable bonds is 6. The van der Waals surface area contributed by atoms with E-state index in [4.69, 9.17) is 0 Å². The van der Waals surface area contributed by atoms with Gasteiger partial charge in [0.15, 0.2) is 0 Å². The Kier molecular flexibility index (Phi) is 4.64. The second-order valence-electron chi connectivity index (χ2n) is 10.4. The largest absolute Gasteiger partial charge is 0.349 e. The molecule has 1 heterocycles. The molecule has 0 unspecified atom stereocenters. The van der Waals surface area contributed by atoms with E-state index in [-0.39, 0.29) is 23.9 Å². The number of benzene rings is 1. The zero-order valence-corrected chi connectivity index (χ0v) is 17.7. The van der Waals surface area contributed by atoms with Gasteiger partial charge in [-0.3, -0.25) is 14.5 Å². The molecule has 6 nitrogen and oxygen atoms in total. The summed E-state index contributed by atoms with van der Waals surface area (Å²) in [5, 5.41) is 6.09. The van der Waals surface area contributed by atoms with Gasteiger partial charge in [0.05, 0.1) is 0 Å². The molecule has 30 heavy (non-hydrogen) atoms. The fourth-order valence-corrected chi connectivity index (χ4v) is 6.84. The minimum atomic E-state index is -0.964. The Morgan fingerprint density at radius 3 is 2.27 bits per heavy atom. The summed E-state index contributed by atoms with van der Waals surface area (Å²) in [5.41, 5.74) is 0.0500. The summed E-state index contributed by atoms with van der Waals surface area (Å²) in [6, 6.07) is 9.46. The highest BCUT2D eigenvalue weighted by Gasteiger charge is 2.52. The average Bonchev–Trinajstić information content (AvgIpc) is 2.89. The Balaban J connectivity index is 1.21. The van der Waals surface area contributed by atoms with Crippen LogP contribution in [0.2, 0.25) is 0 Å². The number of hydrogen-bond acceptors (Lipinski definition) is 3. The van der Waals surface area contributed by atoms with Gasteiger partial charge in [0, 0.05) is 5.54 Å². The Labute approximate surface area is 177 Å². The van der Waals surface area contributed by atoms with Crippen LogP contribution in [0, 0.1) is 17.8 Å². The van der Waals surface area contributed by atoms with E-state index < -0.39 is 11.6 Å². The molecule has 1 saturated heterocycles. The van der Waals surface area contributed by atoms with Crippen LogP contribution < -0.4 is 10.6 Å². The van der Waals surface area contributed by atoms with E-state index >= 15 is 0 Å². The lowest BCUT2D eigenvalue weighted by Crippen LogP contribution is -2.61. The molecule has 0 spiro atoms. The maximum absolute atomic E-state index is 13.0. The van der Waals surface area contributed by atoms with Crippen molar-refractivity contribution in [1.82, 2.24) is 15.5 Å². The highest BCUT2D eigenvalue weighted by atomic mass is 16.2. The topological polar surface area (TPSA) is 78.5 Å². The average molecular weight is 410 g/mol. The van der Waals surface area contributed by atoms with Crippen LogP contribution >= 0.6 is 0 Å². The van der Waals surface area contributed by atoms with E-state index in [9.17, 15) is 14.4 Å². The van der Waals surface area contributed by atoms with E-state index in [2.05, 4.69) is 10.6 Å². The summed E-state index contributed by atoms with van der Waals surface area (Å²) in [7, 11) is 0. The second-order valence-corrected chi connectivity index (χ2v) is 10.4. The van der Waals surface area contributed by atoms with Gasteiger partial charge < -0.3 is 10.6 Å². The maximum Gasteiger partial charge on any atom is 0.325 e. The highest BCUT2D eigenvalue weighted by Crippen LogP contribution is 2.55. The van der Waals surface area contributed by atoms with E-state index in [1.54, 1.807) is 6.92 Å². The van der Waals surface area contributed by atoms with Gasteiger partial charge in [-0.2, -0.15) is 0 Å². The number of aryl methyl sites for hydroxylation is 1. The van der Waals surface area contributed by atoms with E-state index in [0.717, 1.165) is 47.5 Å². The van der Waals surface area contributed by atoms with Crippen LogP contribution in [-0.4, -0.2) is 40.4 Å². The number of nitrogens with zero attached hydrogens (tertiary/aromatic N) is 1. The first-order chi connectivity index (χ1) is 14.3. The Morgan fingerprint density at radius 1 is 1.07 bits per heavy atom. The van der Waals surface area contributed by atoms with Crippen LogP contribution in [-0.2, 0) is 16.0 Å². The van der Waals surface area contributed by atoms with Gasteiger partial charge in [0.25, 0.3) is 5.91 Å². The highest BCUT2D eigenvalue weighted by molar-refractivity contribution is 6.08. The fourth-order valence-electron chi connectivity index (χ4n) is 6.84. The molecule has 1 atom stereocenters. The number of carbonyl (C=O) groups is 3. The molecule has 1 aliphatic heterocycles. The predicted octanol–water partition coefficient (Wildman–Crippen LogP) is 3.01. The standard InChI is InChI=1S/C24H31N3O3/c1-23(8-7-16-5-3-2-4-6-16)21(29)27(22(30)26-23)15-20(28)25-24-12-17-9-18(13-24)11-19(10-17)14-24/h2-6,17-19H,7-15H2,1H3,(H,25,28)(H,26,30)/t17?,18?,19?,23-,24?/m1/s1. The smallest absolute Gasteiger partial charge is 0.325 e. The lowest BCUT2D eigenvalue weighted by Gasteiger charge is -2.56. The zero-order chi connectivity index (χ0) is 20.9. The minimum Gasteiger partial charge on any atom is -0.349 e. The number of nitrogens with one attached hydrogen (secondary N) is 2. The van der Waals surface area contributed by atoms with Gasteiger partial charge in [0.1, 0.15) is 12.1 Å². The summed E-state index contributed by atoms with van der Waals surface area (Å²) in [5.74, 6) is 1.69. The molecule has 4 saturated carbocycles.